The minimum absolute atomic E-state index is 0.169. The Hall–Kier alpha value is -2.28. The molecular weight excluding hydrogens is 458 g/mol. The molecule has 0 radical (unpaired) electrons. The number of allylic oxidation sites excluding steroid dienone is 2. The highest BCUT2D eigenvalue weighted by Crippen LogP contribution is 2.56. The van der Waals surface area contributed by atoms with Crippen LogP contribution in [-0.4, -0.2) is 18.0 Å². The maximum atomic E-state index is 4.30. The lowest BCUT2D eigenvalue weighted by Gasteiger charge is -2.55. The van der Waals surface area contributed by atoms with Crippen molar-refractivity contribution in [2.75, 3.05) is 13.1 Å². The van der Waals surface area contributed by atoms with E-state index in [1.54, 1.807) is 0 Å². The Balaban J connectivity index is 2.65. The average Bonchev–Trinajstić information content (AvgIpc) is 2.81. The van der Waals surface area contributed by atoms with Crippen LogP contribution in [0.2, 0.25) is 0 Å². The van der Waals surface area contributed by atoms with Crippen LogP contribution in [0.3, 0.4) is 0 Å². The molecule has 0 heterocycles. The van der Waals surface area contributed by atoms with Crippen molar-refractivity contribution in [2.24, 2.45) is 28.1 Å². The minimum Gasteiger partial charge on any atom is -0.367 e. The van der Waals surface area contributed by atoms with Gasteiger partial charge in [-0.1, -0.05) is 118 Å². The van der Waals surface area contributed by atoms with Crippen LogP contribution in [0.15, 0.2) is 49.6 Å². The van der Waals surface area contributed by atoms with E-state index in [0.29, 0.717) is 11.8 Å². The predicted molar refractivity (Wildman–Crippen MR) is 174 cm³/mol. The quantitative estimate of drug-likeness (QED) is 0.269. The standard InChI is InChI=1S/C37H57N/c1-16-18-32(31-22-20-26(5)33-30(25(3)4)21-19-27(6)34(31)33)38(23-17-2)24-28(7)29(8)36(12,13)37(14,15)35(9,10)11/h17-22,28-29H,2-3,16,23-24H2,1,4-15H3/b32-18+. The Kier molecular flexibility index (Phi) is 9.96. The summed E-state index contributed by atoms with van der Waals surface area (Å²) >= 11 is 0. The second kappa shape index (κ2) is 11.8. The molecule has 0 saturated heterocycles. The second-order valence-corrected chi connectivity index (χ2v) is 13.9. The van der Waals surface area contributed by atoms with Crippen molar-refractivity contribution < 1.29 is 0 Å². The Labute approximate surface area is 236 Å². The SMILES string of the molecule is C=CCN(CC(C)C(C)C(C)(C)C(C)(C)C(C)(C)C)/C(=C/CC)c1ccc(C)c2c(C(=C)C)ccc(C)c12. The van der Waals surface area contributed by atoms with Crippen molar-refractivity contribution in [3.05, 3.63) is 71.8 Å². The number of rotatable bonds is 11. The van der Waals surface area contributed by atoms with Gasteiger partial charge in [-0.2, -0.15) is 0 Å². The van der Waals surface area contributed by atoms with Crippen molar-refractivity contribution in [3.8, 4) is 0 Å². The summed E-state index contributed by atoms with van der Waals surface area (Å²) in [5.74, 6) is 1.05. The molecule has 0 aliphatic rings. The van der Waals surface area contributed by atoms with Gasteiger partial charge in [0.15, 0.2) is 0 Å². The first-order chi connectivity index (χ1) is 17.4. The first-order valence-electron chi connectivity index (χ1n) is 14.7. The van der Waals surface area contributed by atoms with Gasteiger partial charge in [-0.25, -0.2) is 0 Å². The van der Waals surface area contributed by atoms with E-state index in [0.717, 1.165) is 25.1 Å². The zero-order valence-corrected chi connectivity index (χ0v) is 27.1. The van der Waals surface area contributed by atoms with Gasteiger partial charge in [0.1, 0.15) is 0 Å². The van der Waals surface area contributed by atoms with Crippen LogP contribution in [0.5, 0.6) is 0 Å². The number of nitrogens with zero attached hydrogens (tertiary/aromatic N) is 1. The van der Waals surface area contributed by atoms with Gasteiger partial charge in [0.2, 0.25) is 0 Å². The highest BCUT2D eigenvalue weighted by molar-refractivity contribution is 6.03. The normalized spacial score (nSPS) is 14.9. The van der Waals surface area contributed by atoms with Crippen molar-refractivity contribution in [2.45, 2.75) is 96.4 Å². The summed E-state index contributed by atoms with van der Waals surface area (Å²) < 4.78 is 0. The maximum Gasteiger partial charge on any atom is 0.0408 e. The number of aryl methyl sites for hydroxylation is 2. The molecule has 1 heteroatoms. The third kappa shape index (κ3) is 5.98. The van der Waals surface area contributed by atoms with E-state index in [4.69, 9.17) is 0 Å². The van der Waals surface area contributed by atoms with Crippen LogP contribution >= 0.6 is 0 Å². The first kappa shape index (κ1) is 31.9. The molecule has 38 heavy (non-hydrogen) atoms. The van der Waals surface area contributed by atoms with Gasteiger partial charge in [0.25, 0.3) is 0 Å². The molecular formula is C37H57N. The molecule has 0 aromatic heterocycles. The van der Waals surface area contributed by atoms with Crippen LogP contribution in [-0.2, 0) is 0 Å². The molecule has 0 saturated carbocycles. The highest BCUT2D eigenvalue weighted by Gasteiger charge is 2.49. The van der Waals surface area contributed by atoms with Crippen molar-refractivity contribution in [1.82, 2.24) is 4.90 Å². The van der Waals surface area contributed by atoms with Crippen LogP contribution in [0.4, 0.5) is 0 Å². The molecule has 2 aromatic carbocycles. The van der Waals surface area contributed by atoms with Gasteiger partial charge in [0.05, 0.1) is 0 Å². The summed E-state index contributed by atoms with van der Waals surface area (Å²) in [4.78, 5) is 2.58. The molecule has 1 nitrogen and oxygen atoms in total. The molecule has 0 aliphatic carbocycles. The number of hydrogen-bond acceptors (Lipinski definition) is 1. The van der Waals surface area contributed by atoms with E-state index >= 15 is 0 Å². The minimum atomic E-state index is 0.169. The number of hydrogen-bond donors (Lipinski definition) is 0. The molecule has 0 spiro atoms. The Morgan fingerprint density at radius 2 is 1.39 bits per heavy atom. The third-order valence-electron chi connectivity index (χ3n) is 10.4. The van der Waals surface area contributed by atoms with Gasteiger partial charge in [0, 0.05) is 24.4 Å². The van der Waals surface area contributed by atoms with Crippen molar-refractivity contribution in [1.29, 1.82) is 0 Å². The molecule has 0 bridgehead atoms. The topological polar surface area (TPSA) is 3.24 Å². The van der Waals surface area contributed by atoms with Crippen molar-refractivity contribution >= 4 is 22.0 Å². The zero-order chi connectivity index (χ0) is 29.2. The van der Waals surface area contributed by atoms with E-state index in [2.05, 4.69) is 144 Å². The van der Waals surface area contributed by atoms with Crippen molar-refractivity contribution in [3.63, 3.8) is 0 Å². The van der Waals surface area contributed by atoms with Gasteiger partial charge in [-0.3, -0.25) is 0 Å². The second-order valence-electron chi connectivity index (χ2n) is 13.9. The van der Waals surface area contributed by atoms with E-state index < -0.39 is 0 Å². The largest absolute Gasteiger partial charge is 0.367 e. The van der Waals surface area contributed by atoms with Crippen LogP contribution in [0.25, 0.3) is 22.0 Å². The summed E-state index contributed by atoms with van der Waals surface area (Å²) in [7, 11) is 0. The van der Waals surface area contributed by atoms with Crippen LogP contribution in [0, 0.1) is 41.9 Å². The average molecular weight is 516 g/mol. The summed E-state index contributed by atoms with van der Waals surface area (Å²) in [5, 5.41) is 2.69. The van der Waals surface area contributed by atoms with E-state index in [9.17, 15) is 0 Å². The fourth-order valence-electron chi connectivity index (χ4n) is 6.19. The number of benzene rings is 2. The molecule has 0 N–H and O–H groups in total. The smallest absolute Gasteiger partial charge is 0.0408 e. The molecule has 0 aliphatic heterocycles. The lowest BCUT2D eigenvalue weighted by molar-refractivity contribution is -0.0604. The predicted octanol–water partition coefficient (Wildman–Crippen LogP) is 11.1. The fraction of sp³-hybridized carbons (Fsp3) is 0.568. The summed E-state index contributed by atoms with van der Waals surface area (Å²) in [5.41, 5.74) is 8.22. The lowest BCUT2D eigenvalue weighted by Crippen LogP contribution is -2.49. The monoisotopic (exact) mass is 515 g/mol. The first-order valence-corrected chi connectivity index (χ1v) is 14.7. The molecule has 2 atom stereocenters. The van der Waals surface area contributed by atoms with Gasteiger partial charge in [-0.05, 0) is 82.7 Å². The van der Waals surface area contributed by atoms with Gasteiger partial charge >= 0.3 is 0 Å². The zero-order valence-electron chi connectivity index (χ0n) is 27.1. The Morgan fingerprint density at radius 1 is 0.895 bits per heavy atom. The Bertz CT molecular complexity index is 1180. The molecule has 2 unspecified atom stereocenters. The lowest BCUT2D eigenvalue weighted by atomic mass is 9.50. The third-order valence-corrected chi connectivity index (χ3v) is 10.4. The highest BCUT2D eigenvalue weighted by atomic mass is 15.1. The molecule has 2 rings (SSSR count). The maximum absolute atomic E-state index is 4.30. The molecule has 0 fully saturated rings. The Morgan fingerprint density at radius 3 is 1.84 bits per heavy atom. The summed E-state index contributed by atoms with van der Waals surface area (Å²) in [6.07, 6.45) is 5.47. The van der Waals surface area contributed by atoms with Gasteiger partial charge in [-0.15, -0.1) is 6.58 Å². The summed E-state index contributed by atoms with van der Waals surface area (Å²) in [6.45, 7) is 41.1. The van der Waals surface area contributed by atoms with Crippen LogP contribution < -0.4 is 0 Å². The molecule has 0 amide bonds. The number of fused-ring (bicyclic) bond motifs is 1. The van der Waals surface area contributed by atoms with E-state index in [1.165, 1.54) is 38.7 Å². The van der Waals surface area contributed by atoms with E-state index in [1.807, 2.05) is 0 Å². The fourth-order valence-corrected chi connectivity index (χ4v) is 6.19. The summed E-state index contributed by atoms with van der Waals surface area (Å²) in [6, 6.07) is 9.13. The van der Waals surface area contributed by atoms with E-state index in [-0.39, 0.29) is 16.2 Å². The molecule has 210 valence electrons. The van der Waals surface area contributed by atoms with Crippen LogP contribution in [0.1, 0.15) is 105 Å². The van der Waals surface area contributed by atoms with Gasteiger partial charge < -0.3 is 4.90 Å². The molecule has 2 aromatic rings.